The quantitative estimate of drug-likeness (QED) is 0.158. The van der Waals surface area contributed by atoms with E-state index in [0.29, 0.717) is 20.7 Å². The normalized spacial score (nSPS) is 12.7. The van der Waals surface area contributed by atoms with E-state index in [4.69, 9.17) is 17.3 Å². The number of aliphatic hydroxyl groups excluding tert-OH is 1. The molecule has 8 nitrogen and oxygen atoms in total. The zero-order chi connectivity index (χ0) is 23.0. The number of rotatable bonds is 5. The summed E-state index contributed by atoms with van der Waals surface area (Å²) >= 11 is 7.67. The van der Waals surface area contributed by atoms with Crippen LogP contribution in [-0.2, 0) is 6.18 Å². The van der Waals surface area contributed by atoms with Crippen molar-refractivity contribution in [2.24, 2.45) is 0 Å². The number of nitrogens with one attached hydrogen (secondary N) is 2. The molecule has 32 heavy (non-hydrogen) atoms. The van der Waals surface area contributed by atoms with Crippen molar-refractivity contribution in [3.63, 3.8) is 0 Å². The van der Waals surface area contributed by atoms with Crippen molar-refractivity contribution in [2.75, 3.05) is 16.4 Å². The van der Waals surface area contributed by atoms with E-state index in [-0.39, 0.29) is 11.5 Å². The number of anilines is 3. The fraction of sp³-hybridized carbons (Fsp3) is 0.105. The number of nitrogens with two attached hydrogens (primary N) is 1. The molecule has 13 heteroatoms. The van der Waals surface area contributed by atoms with Gasteiger partial charge in [-0.3, -0.25) is 4.57 Å². The van der Waals surface area contributed by atoms with E-state index in [2.05, 4.69) is 48.2 Å². The third kappa shape index (κ3) is 4.52. The van der Waals surface area contributed by atoms with E-state index in [0.717, 1.165) is 17.8 Å². The van der Waals surface area contributed by atoms with Crippen LogP contribution in [0.5, 0.6) is 0 Å². The highest BCUT2D eigenvalue weighted by atomic mass is 127. The molecule has 4 rings (SSSR count). The Hall–Kier alpha value is -2.84. The van der Waals surface area contributed by atoms with Crippen LogP contribution in [0.3, 0.4) is 0 Å². The molecule has 1 unspecified atom stereocenters. The summed E-state index contributed by atoms with van der Waals surface area (Å²) in [7, 11) is 0. The summed E-state index contributed by atoms with van der Waals surface area (Å²) in [4.78, 5) is 12.6. The van der Waals surface area contributed by atoms with E-state index in [1.807, 2.05) is 0 Å². The lowest BCUT2D eigenvalue weighted by Crippen LogP contribution is -2.28. The standard InChI is InChI=1S/C19H14ClF3IN7O/c20-13-6-3-10(7-12(13)19(21,22)23)29-18(32)28-9-1-4-11(5-2-9)31-16-14(30-17(31)24)15(25)26-8-27-16/h1-8,18,28-29,32H,(H2,25,26,27). The number of halogens is 5. The maximum Gasteiger partial charge on any atom is 0.417 e. The second-order valence-electron chi connectivity index (χ2n) is 6.58. The lowest BCUT2D eigenvalue weighted by Gasteiger charge is -2.18. The number of fused-ring (bicyclic) bond motifs is 1. The average Bonchev–Trinajstić information content (AvgIpc) is 3.06. The van der Waals surface area contributed by atoms with Crippen molar-refractivity contribution >= 4 is 62.5 Å². The van der Waals surface area contributed by atoms with E-state index in [1.54, 1.807) is 28.8 Å². The Morgan fingerprint density at radius 1 is 1.06 bits per heavy atom. The van der Waals surface area contributed by atoms with Gasteiger partial charge in [-0.15, -0.1) is 0 Å². The maximum absolute atomic E-state index is 13.0. The number of imidazole rings is 1. The Bertz CT molecular complexity index is 1280. The number of nitrogens with zero attached hydrogens (tertiary/aromatic N) is 4. The van der Waals surface area contributed by atoms with Crippen molar-refractivity contribution in [3.8, 4) is 5.69 Å². The number of nitrogen functional groups attached to an aromatic ring is 1. The van der Waals surface area contributed by atoms with Crippen molar-refractivity contribution in [2.45, 2.75) is 12.5 Å². The molecule has 1 atom stereocenters. The van der Waals surface area contributed by atoms with Gasteiger partial charge in [-0.1, -0.05) is 11.6 Å². The largest absolute Gasteiger partial charge is 0.417 e. The van der Waals surface area contributed by atoms with E-state index < -0.39 is 23.1 Å². The number of hydrogen-bond donors (Lipinski definition) is 4. The Kier molecular flexibility index (Phi) is 6.01. The van der Waals surface area contributed by atoms with Gasteiger partial charge in [0.2, 0.25) is 6.35 Å². The van der Waals surface area contributed by atoms with E-state index in [9.17, 15) is 18.3 Å². The first-order chi connectivity index (χ1) is 15.1. The van der Waals surface area contributed by atoms with Crippen molar-refractivity contribution in [1.29, 1.82) is 0 Å². The van der Waals surface area contributed by atoms with Gasteiger partial charge in [0.05, 0.1) is 10.6 Å². The number of hydrogen-bond acceptors (Lipinski definition) is 7. The Morgan fingerprint density at radius 2 is 1.72 bits per heavy atom. The SMILES string of the molecule is Nc1ncnc2c1nc(I)n2-c1ccc(NC(O)Nc2ccc(Cl)c(C(F)(F)F)c2)cc1. The number of alkyl halides is 3. The average molecular weight is 576 g/mol. The topological polar surface area (TPSA) is 114 Å². The Labute approximate surface area is 197 Å². The zero-order valence-electron chi connectivity index (χ0n) is 15.9. The first-order valence-corrected chi connectivity index (χ1v) is 10.4. The van der Waals surface area contributed by atoms with E-state index >= 15 is 0 Å². The minimum absolute atomic E-state index is 0.0510. The summed E-state index contributed by atoms with van der Waals surface area (Å²) in [6.45, 7) is 0. The molecule has 0 spiro atoms. The molecule has 5 N–H and O–H groups in total. The summed E-state index contributed by atoms with van der Waals surface area (Å²) in [5.74, 6) is 0.273. The van der Waals surface area contributed by atoms with Gasteiger partial charge in [0, 0.05) is 39.7 Å². The van der Waals surface area contributed by atoms with Gasteiger partial charge in [-0.05, 0) is 42.5 Å². The third-order valence-corrected chi connectivity index (χ3v) is 5.49. The molecule has 0 aliphatic heterocycles. The van der Waals surface area contributed by atoms with Crippen molar-refractivity contribution in [3.05, 3.63) is 63.2 Å². The minimum atomic E-state index is -4.60. The van der Waals surface area contributed by atoms with Crippen LogP contribution in [0.2, 0.25) is 5.02 Å². The molecule has 2 aromatic carbocycles. The predicted molar refractivity (Wildman–Crippen MR) is 123 cm³/mol. The Morgan fingerprint density at radius 3 is 2.41 bits per heavy atom. The van der Waals surface area contributed by atoms with Crippen molar-refractivity contribution < 1.29 is 18.3 Å². The smallest absolute Gasteiger partial charge is 0.382 e. The second-order valence-corrected chi connectivity index (χ2v) is 7.95. The summed E-state index contributed by atoms with van der Waals surface area (Å²) in [5, 5.41) is 15.1. The first-order valence-electron chi connectivity index (χ1n) is 8.96. The van der Waals surface area contributed by atoms with E-state index in [1.165, 1.54) is 12.4 Å². The molecule has 2 aromatic heterocycles. The third-order valence-electron chi connectivity index (χ3n) is 4.44. The van der Waals surface area contributed by atoms with Crippen LogP contribution < -0.4 is 16.4 Å². The molecule has 0 saturated carbocycles. The molecule has 0 radical (unpaired) electrons. The van der Waals surface area contributed by atoms with Crippen LogP contribution in [0.4, 0.5) is 30.4 Å². The highest BCUT2D eigenvalue weighted by Gasteiger charge is 2.33. The monoisotopic (exact) mass is 575 g/mol. The van der Waals surface area contributed by atoms with Crippen LogP contribution in [0.1, 0.15) is 5.56 Å². The molecular weight excluding hydrogens is 562 g/mol. The molecule has 166 valence electrons. The van der Waals surface area contributed by atoms with Crippen LogP contribution in [0.25, 0.3) is 16.9 Å². The number of aromatic nitrogens is 4. The molecule has 0 aliphatic rings. The lowest BCUT2D eigenvalue weighted by atomic mass is 10.2. The summed E-state index contributed by atoms with van der Waals surface area (Å²) < 4.78 is 41.4. The number of aliphatic hydroxyl groups is 1. The van der Waals surface area contributed by atoms with Crippen molar-refractivity contribution in [1.82, 2.24) is 19.5 Å². The van der Waals surface area contributed by atoms with Crippen LogP contribution in [0.15, 0.2) is 48.8 Å². The van der Waals surface area contributed by atoms with Gasteiger partial charge in [-0.2, -0.15) is 13.2 Å². The molecule has 2 heterocycles. The van der Waals surface area contributed by atoms with Gasteiger partial charge in [-0.25, -0.2) is 15.0 Å². The fourth-order valence-corrected chi connectivity index (χ4v) is 3.98. The molecular formula is C19H14ClF3IN7O. The molecule has 0 aliphatic carbocycles. The van der Waals surface area contributed by atoms with Gasteiger partial charge in [0.1, 0.15) is 6.33 Å². The fourth-order valence-electron chi connectivity index (χ4n) is 3.00. The minimum Gasteiger partial charge on any atom is -0.382 e. The van der Waals surface area contributed by atoms with Gasteiger partial charge in [0.15, 0.2) is 20.8 Å². The van der Waals surface area contributed by atoms with Crippen LogP contribution >= 0.6 is 34.2 Å². The molecule has 0 bridgehead atoms. The molecule has 0 fully saturated rings. The maximum atomic E-state index is 13.0. The highest BCUT2D eigenvalue weighted by Crippen LogP contribution is 2.36. The summed E-state index contributed by atoms with van der Waals surface area (Å²) in [6, 6.07) is 10.2. The lowest BCUT2D eigenvalue weighted by molar-refractivity contribution is -0.137. The predicted octanol–water partition coefficient (Wildman–Crippen LogP) is 4.47. The van der Waals surface area contributed by atoms with Gasteiger partial charge < -0.3 is 21.5 Å². The molecule has 0 amide bonds. The second kappa shape index (κ2) is 8.60. The molecule has 0 saturated heterocycles. The zero-order valence-corrected chi connectivity index (χ0v) is 18.8. The molecule has 4 aromatic rings. The van der Waals surface area contributed by atoms with Gasteiger partial charge >= 0.3 is 6.18 Å². The van der Waals surface area contributed by atoms with Crippen LogP contribution in [0, 0.1) is 3.83 Å². The van der Waals surface area contributed by atoms with Gasteiger partial charge in [0.25, 0.3) is 0 Å². The number of benzene rings is 2. The Balaban J connectivity index is 1.50. The summed E-state index contributed by atoms with van der Waals surface area (Å²) in [6.07, 6.45) is -4.61. The first kappa shape index (κ1) is 22.4. The highest BCUT2D eigenvalue weighted by molar-refractivity contribution is 14.1. The van der Waals surface area contributed by atoms with Crippen LogP contribution in [-0.4, -0.2) is 31.0 Å². The summed E-state index contributed by atoms with van der Waals surface area (Å²) in [5.41, 5.74) is 7.21.